The van der Waals surface area contributed by atoms with Crippen LogP contribution in [-0.4, -0.2) is 42.3 Å². The number of allylic oxidation sites excluding steroid dienone is 1. The van der Waals surface area contributed by atoms with Crippen LogP contribution in [0.4, 0.5) is 0 Å². The normalized spacial score (nSPS) is 17.4. The maximum atomic E-state index is 12.0. The van der Waals surface area contributed by atoms with E-state index in [-0.39, 0.29) is 23.7 Å². The molecule has 1 heterocycles. The summed E-state index contributed by atoms with van der Waals surface area (Å²) in [6.07, 6.45) is 12.9. The van der Waals surface area contributed by atoms with E-state index < -0.39 is 0 Å². The van der Waals surface area contributed by atoms with Crippen molar-refractivity contribution in [2.24, 2.45) is 0 Å². The summed E-state index contributed by atoms with van der Waals surface area (Å²) in [7, 11) is 1.41. The summed E-state index contributed by atoms with van der Waals surface area (Å²) in [6, 6.07) is 0.0673. The predicted molar refractivity (Wildman–Crippen MR) is 98.1 cm³/mol. The van der Waals surface area contributed by atoms with Gasteiger partial charge in [-0.1, -0.05) is 38.7 Å². The lowest BCUT2D eigenvalue weighted by atomic mass is 10.1. The fourth-order valence-electron chi connectivity index (χ4n) is 3.10. The van der Waals surface area contributed by atoms with Crippen molar-refractivity contribution in [1.29, 1.82) is 0 Å². The largest absolute Gasteiger partial charge is 0.469 e. The minimum absolute atomic E-state index is 0.0673. The van der Waals surface area contributed by atoms with Crippen LogP contribution in [0.3, 0.4) is 0 Å². The van der Waals surface area contributed by atoms with Crippen LogP contribution in [0.1, 0.15) is 77.6 Å². The number of esters is 1. The van der Waals surface area contributed by atoms with Gasteiger partial charge in [0, 0.05) is 25.8 Å². The molecule has 25 heavy (non-hydrogen) atoms. The van der Waals surface area contributed by atoms with Crippen LogP contribution in [0.15, 0.2) is 12.2 Å². The Hall–Kier alpha value is -1.65. The van der Waals surface area contributed by atoms with Crippen LogP contribution in [0.5, 0.6) is 0 Å². The molecule has 0 N–H and O–H groups in total. The molecule has 0 aromatic heterocycles. The van der Waals surface area contributed by atoms with Crippen molar-refractivity contribution in [2.75, 3.05) is 13.7 Å². The third-order valence-electron chi connectivity index (χ3n) is 4.66. The van der Waals surface area contributed by atoms with Gasteiger partial charge in [0.2, 0.25) is 5.91 Å². The summed E-state index contributed by atoms with van der Waals surface area (Å²) in [5.74, 6) is 0.182. The van der Waals surface area contributed by atoms with Gasteiger partial charge in [0.1, 0.15) is 0 Å². The van der Waals surface area contributed by atoms with Crippen molar-refractivity contribution >= 4 is 17.7 Å². The number of carbonyl (C=O) groups excluding carboxylic acids is 3. The molecule has 0 aliphatic carbocycles. The van der Waals surface area contributed by atoms with Gasteiger partial charge in [0.25, 0.3) is 0 Å². The van der Waals surface area contributed by atoms with Crippen molar-refractivity contribution in [3.63, 3.8) is 0 Å². The number of ether oxygens (including phenoxy) is 1. The Labute approximate surface area is 151 Å². The third-order valence-corrected chi connectivity index (χ3v) is 4.66. The molecule has 5 heteroatoms. The number of hydrogen-bond acceptors (Lipinski definition) is 4. The van der Waals surface area contributed by atoms with Gasteiger partial charge in [-0.05, 0) is 31.8 Å². The van der Waals surface area contributed by atoms with Gasteiger partial charge < -0.3 is 9.64 Å². The number of nitrogens with zero attached hydrogens (tertiary/aromatic N) is 1. The number of unbranched alkanes of at least 4 members (excludes halogenated alkanes) is 5. The Balaban J connectivity index is 2.27. The van der Waals surface area contributed by atoms with Crippen LogP contribution in [0.25, 0.3) is 0 Å². The second-order valence-corrected chi connectivity index (χ2v) is 6.72. The van der Waals surface area contributed by atoms with E-state index in [1.807, 2.05) is 11.0 Å². The topological polar surface area (TPSA) is 63.7 Å². The molecule has 142 valence electrons. The number of likely N-dealkylation sites (tertiary alicyclic amines) is 1. The van der Waals surface area contributed by atoms with E-state index in [9.17, 15) is 14.4 Å². The van der Waals surface area contributed by atoms with Gasteiger partial charge in [-0.15, -0.1) is 0 Å². The first kappa shape index (κ1) is 21.4. The van der Waals surface area contributed by atoms with E-state index in [1.165, 1.54) is 7.11 Å². The molecule has 1 aliphatic heterocycles. The zero-order chi connectivity index (χ0) is 18.5. The minimum atomic E-state index is -0.163. The minimum Gasteiger partial charge on any atom is -0.469 e. The fourth-order valence-corrected chi connectivity index (χ4v) is 3.10. The number of methoxy groups -OCH3 is 1. The Bertz CT molecular complexity index is 459. The highest BCUT2D eigenvalue weighted by Crippen LogP contribution is 2.21. The number of carbonyl (C=O) groups is 3. The Morgan fingerprint density at radius 2 is 1.84 bits per heavy atom. The van der Waals surface area contributed by atoms with Crippen LogP contribution < -0.4 is 0 Å². The number of rotatable bonds is 13. The molecule has 1 aliphatic rings. The van der Waals surface area contributed by atoms with Crippen molar-refractivity contribution in [1.82, 2.24) is 4.90 Å². The van der Waals surface area contributed by atoms with E-state index in [2.05, 4.69) is 11.7 Å². The molecule has 1 rings (SSSR count). The van der Waals surface area contributed by atoms with Crippen LogP contribution in [-0.2, 0) is 19.1 Å². The van der Waals surface area contributed by atoms with Crippen molar-refractivity contribution in [3.8, 4) is 0 Å². The first-order valence-electron chi connectivity index (χ1n) is 9.65. The molecule has 1 atom stereocenters. The molecule has 1 saturated heterocycles. The van der Waals surface area contributed by atoms with Crippen LogP contribution in [0, 0.1) is 0 Å². The lowest BCUT2D eigenvalue weighted by molar-refractivity contribution is -0.140. The van der Waals surface area contributed by atoms with E-state index >= 15 is 0 Å². The van der Waals surface area contributed by atoms with Gasteiger partial charge in [-0.3, -0.25) is 14.4 Å². The molecule has 0 bridgehead atoms. The molecule has 0 saturated carbocycles. The molecule has 0 radical (unpaired) electrons. The van der Waals surface area contributed by atoms with Crippen molar-refractivity contribution < 1.29 is 19.1 Å². The van der Waals surface area contributed by atoms with Gasteiger partial charge in [-0.2, -0.15) is 0 Å². The van der Waals surface area contributed by atoms with E-state index in [4.69, 9.17) is 0 Å². The number of amides is 1. The summed E-state index contributed by atoms with van der Waals surface area (Å²) in [5, 5.41) is 0. The van der Waals surface area contributed by atoms with Crippen molar-refractivity contribution in [3.05, 3.63) is 12.2 Å². The molecule has 1 unspecified atom stereocenters. The summed E-state index contributed by atoms with van der Waals surface area (Å²) in [6.45, 7) is 2.86. The molecule has 0 aromatic carbocycles. The summed E-state index contributed by atoms with van der Waals surface area (Å²) in [4.78, 5) is 36.8. The Morgan fingerprint density at radius 3 is 2.56 bits per heavy atom. The summed E-state index contributed by atoms with van der Waals surface area (Å²) in [5.41, 5.74) is 0. The SMILES string of the molecule is CCCCCC(=O)C=CC1CCC(=O)N1CCCCCCC(=O)OC. The number of ketones is 1. The van der Waals surface area contributed by atoms with E-state index in [0.717, 1.165) is 57.9 Å². The Morgan fingerprint density at radius 1 is 1.12 bits per heavy atom. The first-order chi connectivity index (χ1) is 12.1. The molecule has 1 amide bonds. The molecular weight excluding hydrogens is 318 g/mol. The van der Waals surface area contributed by atoms with Crippen molar-refractivity contribution in [2.45, 2.75) is 83.6 Å². The van der Waals surface area contributed by atoms with E-state index in [0.29, 0.717) is 19.3 Å². The average Bonchev–Trinajstić information content (AvgIpc) is 2.96. The highest BCUT2D eigenvalue weighted by atomic mass is 16.5. The maximum Gasteiger partial charge on any atom is 0.305 e. The third kappa shape index (κ3) is 8.84. The predicted octanol–water partition coefficient (Wildman–Crippen LogP) is 3.81. The zero-order valence-corrected chi connectivity index (χ0v) is 15.8. The quantitative estimate of drug-likeness (QED) is 0.288. The smallest absolute Gasteiger partial charge is 0.305 e. The average molecular weight is 351 g/mol. The second-order valence-electron chi connectivity index (χ2n) is 6.72. The maximum absolute atomic E-state index is 12.0. The first-order valence-corrected chi connectivity index (χ1v) is 9.65. The van der Waals surface area contributed by atoms with Crippen LogP contribution >= 0.6 is 0 Å². The summed E-state index contributed by atoms with van der Waals surface area (Å²) >= 11 is 0. The molecule has 0 spiro atoms. The van der Waals surface area contributed by atoms with E-state index in [1.54, 1.807) is 6.08 Å². The standard InChI is InChI=1S/C20H33NO4/c1-3-4-7-10-18(22)14-12-17-13-15-19(23)21(17)16-9-6-5-8-11-20(24)25-2/h12,14,17H,3-11,13,15-16H2,1-2H3. The number of hydrogen-bond donors (Lipinski definition) is 0. The second kappa shape index (κ2) is 12.7. The molecule has 5 nitrogen and oxygen atoms in total. The van der Waals surface area contributed by atoms with Gasteiger partial charge in [0.05, 0.1) is 13.2 Å². The van der Waals surface area contributed by atoms with Gasteiger partial charge in [-0.25, -0.2) is 0 Å². The highest BCUT2D eigenvalue weighted by molar-refractivity contribution is 5.90. The Kier molecular flexibility index (Phi) is 10.8. The monoisotopic (exact) mass is 351 g/mol. The van der Waals surface area contributed by atoms with Crippen LogP contribution in [0.2, 0.25) is 0 Å². The van der Waals surface area contributed by atoms with Gasteiger partial charge in [0.15, 0.2) is 5.78 Å². The van der Waals surface area contributed by atoms with Gasteiger partial charge >= 0.3 is 5.97 Å². The zero-order valence-electron chi connectivity index (χ0n) is 15.8. The highest BCUT2D eigenvalue weighted by Gasteiger charge is 2.28. The lowest BCUT2D eigenvalue weighted by Crippen LogP contribution is -2.32. The fraction of sp³-hybridized carbons (Fsp3) is 0.750. The molecule has 1 fully saturated rings. The molecular formula is C20H33NO4. The lowest BCUT2D eigenvalue weighted by Gasteiger charge is -2.22. The summed E-state index contributed by atoms with van der Waals surface area (Å²) < 4.78 is 4.62. The molecule has 0 aromatic rings.